The number of hydrogen-bond acceptors (Lipinski definition) is 3. The Morgan fingerprint density at radius 2 is 1.71 bits per heavy atom. The lowest BCUT2D eigenvalue weighted by molar-refractivity contribution is -0.146. The van der Waals surface area contributed by atoms with Crippen molar-refractivity contribution >= 4 is 37.6 Å². The number of ether oxygens (including phenoxy) is 2. The van der Waals surface area contributed by atoms with E-state index < -0.39 is 0 Å². The van der Waals surface area contributed by atoms with Crippen LogP contribution >= 0.6 is 31.9 Å². The predicted molar refractivity (Wildman–Crippen MR) is 77.0 cm³/mol. The van der Waals surface area contributed by atoms with Gasteiger partial charge in [-0.3, -0.25) is 0 Å². The molecule has 0 atom stereocenters. The summed E-state index contributed by atoms with van der Waals surface area (Å²) in [7, 11) is 0. The van der Waals surface area contributed by atoms with Crippen molar-refractivity contribution < 1.29 is 14.3 Å². The highest BCUT2D eigenvalue weighted by molar-refractivity contribution is 9.09. The molecule has 1 aliphatic heterocycles. The van der Waals surface area contributed by atoms with Crippen LogP contribution in [0.5, 0.6) is 0 Å². The van der Waals surface area contributed by atoms with Gasteiger partial charge >= 0.3 is 0 Å². The van der Waals surface area contributed by atoms with Crippen molar-refractivity contribution in [3.05, 3.63) is 0 Å². The Balaban J connectivity index is 0.000000325. The largest absolute Gasteiger partial charge is 0.348 e. The molecule has 1 heterocycles. The van der Waals surface area contributed by atoms with Gasteiger partial charge in [-0.25, -0.2) is 0 Å². The van der Waals surface area contributed by atoms with E-state index in [4.69, 9.17) is 9.47 Å². The number of ketones is 1. The molecule has 102 valence electrons. The van der Waals surface area contributed by atoms with Crippen molar-refractivity contribution in [3.63, 3.8) is 0 Å². The normalized spacial score (nSPS) is 17.4. The monoisotopic (exact) mass is 372 g/mol. The van der Waals surface area contributed by atoms with Gasteiger partial charge in [-0.15, -0.1) is 0 Å². The summed E-state index contributed by atoms with van der Waals surface area (Å²) in [6.45, 7) is 5.11. The first kappa shape index (κ1) is 17.6. The molecule has 0 unspecified atom stereocenters. The number of carbonyl (C=O) groups excluding carboxylic acids is 1. The van der Waals surface area contributed by atoms with Crippen LogP contribution in [-0.2, 0) is 14.3 Å². The lowest BCUT2D eigenvalue weighted by Gasteiger charge is -2.21. The maximum Gasteiger partial charge on any atom is 0.165 e. The predicted octanol–water partition coefficient (Wildman–Crippen LogP) is 3.68. The van der Waals surface area contributed by atoms with E-state index in [1.54, 1.807) is 6.92 Å². The van der Waals surface area contributed by atoms with Gasteiger partial charge in [0, 0.05) is 23.5 Å². The van der Waals surface area contributed by atoms with Gasteiger partial charge in [0.1, 0.15) is 5.78 Å². The van der Waals surface area contributed by atoms with Crippen molar-refractivity contribution in [2.45, 2.75) is 45.3 Å². The summed E-state index contributed by atoms with van der Waals surface area (Å²) >= 11 is 6.60. The van der Waals surface area contributed by atoms with Crippen molar-refractivity contribution in [2.24, 2.45) is 0 Å². The van der Waals surface area contributed by atoms with E-state index >= 15 is 0 Å². The van der Waals surface area contributed by atoms with E-state index in [0.29, 0.717) is 6.42 Å². The third-order valence-electron chi connectivity index (χ3n) is 2.33. The van der Waals surface area contributed by atoms with Crippen molar-refractivity contribution in [1.82, 2.24) is 0 Å². The van der Waals surface area contributed by atoms with Crippen LogP contribution in [0, 0.1) is 0 Å². The van der Waals surface area contributed by atoms with Crippen LogP contribution in [0.4, 0.5) is 0 Å². The van der Waals surface area contributed by atoms with Crippen molar-refractivity contribution in [1.29, 1.82) is 0 Å². The highest BCUT2D eigenvalue weighted by Gasteiger charge is 2.29. The summed E-state index contributed by atoms with van der Waals surface area (Å²) in [5, 5.41) is 1.96. The third-order valence-corrected chi connectivity index (χ3v) is 3.45. The second-order valence-electron chi connectivity index (χ2n) is 4.12. The van der Waals surface area contributed by atoms with Gasteiger partial charge in [0.2, 0.25) is 0 Å². The highest BCUT2D eigenvalue weighted by atomic mass is 79.9. The van der Waals surface area contributed by atoms with Gasteiger partial charge in [-0.2, -0.15) is 0 Å². The van der Waals surface area contributed by atoms with E-state index in [1.165, 1.54) is 0 Å². The number of hydrogen-bond donors (Lipinski definition) is 0. The molecule has 0 aliphatic carbocycles. The minimum Gasteiger partial charge on any atom is -0.348 e. The zero-order valence-corrected chi connectivity index (χ0v) is 13.8. The maximum atomic E-state index is 10.2. The Labute approximate surface area is 121 Å². The molecule has 0 aromatic rings. The second kappa shape index (κ2) is 10.5. The van der Waals surface area contributed by atoms with Crippen LogP contribution < -0.4 is 0 Å². The van der Waals surface area contributed by atoms with Crippen LogP contribution in [0.15, 0.2) is 0 Å². The quantitative estimate of drug-likeness (QED) is 0.666. The van der Waals surface area contributed by atoms with E-state index in [1.807, 2.05) is 6.92 Å². The zero-order valence-electron chi connectivity index (χ0n) is 10.6. The minimum absolute atomic E-state index is 0.277. The molecule has 3 nitrogen and oxygen atoms in total. The van der Waals surface area contributed by atoms with Gasteiger partial charge in [0.25, 0.3) is 0 Å². The van der Waals surface area contributed by atoms with Gasteiger partial charge in [0.15, 0.2) is 5.79 Å². The van der Waals surface area contributed by atoms with Gasteiger partial charge in [-0.05, 0) is 26.7 Å². The molecule has 0 bridgehead atoms. The molecule has 1 rings (SSSR count). The van der Waals surface area contributed by atoms with Crippen LogP contribution in [0.3, 0.4) is 0 Å². The van der Waals surface area contributed by atoms with E-state index in [2.05, 4.69) is 31.9 Å². The minimum atomic E-state index is -0.284. The fourth-order valence-corrected chi connectivity index (χ4v) is 1.97. The van der Waals surface area contributed by atoms with E-state index in [9.17, 15) is 4.79 Å². The number of carbonyl (C=O) groups is 1. The van der Waals surface area contributed by atoms with E-state index in [-0.39, 0.29) is 11.6 Å². The molecular formula is C12H22Br2O3. The van der Waals surface area contributed by atoms with Gasteiger partial charge in [-0.1, -0.05) is 31.9 Å². The Bertz CT molecular complexity index is 204. The zero-order chi connectivity index (χ0) is 13.1. The molecule has 0 amide bonds. The lowest BCUT2D eigenvalue weighted by Crippen LogP contribution is -2.25. The topological polar surface area (TPSA) is 35.5 Å². The van der Waals surface area contributed by atoms with E-state index in [0.717, 1.165) is 43.1 Å². The lowest BCUT2D eigenvalue weighted by atomic mass is 10.2. The fourth-order valence-electron chi connectivity index (χ4n) is 1.40. The summed E-state index contributed by atoms with van der Waals surface area (Å²) in [5.74, 6) is -0.00669. The van der Waals surface area contributed by atoms with Crippen molar-refractivity contribution in [3.8, 4) is 0 Å². The summed E-state index contributed by atoms with van der Waals surface area (Å²) < 4.78 is 10.8. The number of alkyl halides is 2. The Morgan fingerprint density at radius 1 is 1.18 bits per heavy atom. The number of Topliss-reactive ketones (excluding diaryl/α,β-unsaturated/α-hetero) is 1. The standard InChI is InChI=1S/C7H13BrO2.C5H9BrO/c1-7(3-2-4-8)9-5-6-10-7;1-5(7)3-2-4-6/h2-6H2,1H3;2-4H2,1H3. The van der Waals surface area contributed by atoms with Crippen LogP contribution in [0.1, 0.15) is 39.5 Å². The third kappa shape index (κ3) is 10.2. The molecular weight excluding hydrogens is 352 g/mol. The molecule has 0 radical (unpaired) electrons. The fraction of sp³-hybridized carbons (Fsp3) is 0.917. The van der Waals surface area contributed by atoms with Gasteiger partial charge < -0.3 is 14.3 Å². The molecule has 0 spiro atoms. The number of rotatable bonds is 6. The molecule has 1 aliphatic rings. The second-order valence-corrected chi connectivity index (χ2v) is 5.70. The van der Waals surface area contributed by atoms with Crippen LogP contribution in [-0.4, -0.2) is 35.4 Å². The number of halogens is 2. The molecule has 0 aromatic heterocycles. The smallest absolute Gasteiger partial charge is 0.165 e. The molecule has 1 fully saturated rings. The Hall–Kier alpha value is 0.550. The molecule has 0 aromatic carbocycles. The summed E-state index contributed by atoms with van der Waals surface area (Å²) in [5.41, 5.74) is 0. The average molecular weight is 374 g/mol. The molecule has 17 heavy (non-hydrogen) atoms. The summed E-state index contributed by atoms with van der Waals surface area (Å²) in [6.07, 6.45) is 3.77. The Kier molecular flexibility index (Phi) is 10.8. The Morgan fingerprint density at radius 3 is 2.06 bits per heavy atom. The van der Waals surface area contributed by atoms with Crippen LogP contribution in [0.2, 0.25) is 0 Å². The molecule has 0 N–H and O–H groups in total. The summed E-state index contributed by atoms with van der Waals surface area (Å²) in [6, 6.07) is 0. The first-order chi connectivity index (χ1) is 8.04. The first-order valence-corrected chi connectivity index (χ1v) is 8.17. The first-order valence-electron chi connectivity index (χ1n) is 5.93. The molecule has 5 heteroatoms. The maximum absolute atomic E-state index is 10.2. The SMILES string of the molecule is CC(=O)CCCBr.CC1(CCCBr)OCCO1. The molecule has 1 saturated heterocycles. The highest BCUT2D eigenvalue weighted by Crippen LogP contribution is 2.23. The molecule has 0 saturated carbocycles. The summed E-state index contributed by atoms with van der Waals surface area (Å²) in [4.78, 5) is 10.2. The van der Waals surface area contributed by atoms with Crippen molar-refractivity contribution in [2.75, 3.05) is 23.9 Å². The average Bonchev–Trinajstić information content (AvgIpc) is 2.72. The van der Waals surface area contributed by atoms with Crippen LogP contribution in [0.25, 0.3) is 0 Å². The van der Waals surface area contributed by atoms with Gasteiger partial charge in [0.05, 0.1) is 13.2 Å².